The van der Waals surface area contributed by atoms with Crippen molar-refractivity contribution in [2.75, 3.05) is 19.7 Å². The lowest BCUT2D eigenvalue weighted by molar-refractivity contribution is -0.134. The summed E-state index contributed by atoms with van der Waals surface area (Å²) < 4.78 is 5.58. The summed E-state index contributed by atoms with van der Waals surface area (Å²) in [6.07, 6.45) is 3.35. The number of ether oxygens (including phenoxy) is 1. The van der Waals surface area contributed by atoms with E-state index in [0.717, 1.165) is 43.1 Å². The van der Waals surface area contributed by atoms with Crippen molar-refractivity contribution < 1.29 is 9.53 Å². The van der Waals surface area contributed by atoms with Gasteiger partial charge < -0.3 is 9.64 Å². The molecule has 1 aromatic carbocycles. The van der Waals surface area contributed by atoms with Gasteiger partial charge in [0.05, 0.1) is 0 Å². The number of carbonyl (C=O) groups excluding carboxylic acids is 1. The van der Waals surface area contributed by atoms with Gasteiger partial charge in [-0.1, -0.05) is 12.1 Å². The Kier molecular flexibility index (Phi) is 4.37. The molecule has 0 bridgehead atoms. The van der Waals surface area contributed by atoms with Crippen LogP contribution in [0.4, 0.5) is 0 Å². The molecule has 116 valence electrons. The summed E-state index contributed by atoms with van der Waals surface area (Å²) in [5, 5.41) is 6.80. The van der Waals surface area contributed by atoms with Crippen LogP contribution in [-0.4, -0.2) is 45.7 Å². The Bertz CT molecular complexity index is 619. The van der Waals surface area contributed by atoms with Gasteiger partial charge in [-0.15, -0.1) is 0 Å². The average Bonchev–Trinajstić information content (AvgIpc) is 3.07. The molecule has 0 atom stereocenters. The van der Waals surface area contributed by atoms with E-state index in [1.807, 2.05) is 36.1 Å². The molecule has 0 unspecified atom stereocenters. The van der Waals surface area contributed by atoms with E-state index in [1.54, 1.807) is 0 Å². The first-order chi connectivity index (χ1) is 10.7. The molecule has 1 aliphatic rings. The number of nitrogens with zero attached hydrogens (tertiary/aromatic N) is 3. The first-order valence-corrected chi connectivity index (χ1v) is 7.55. The number of aromatic amines is 1. The number of rotatable bonds is 4. The molecule has 3 rings (SSSR count). The molecule has 0 aliphatic carbocycles. The topological polar surface area (TPSA) is 71.1 Å². The number of aryl methyl sites for hydroxylation is 1. The molecule has 22 heavy (non-hydrogen) atoms. The number of H-pyrrole nitrogens is 1. The minimum Gasteiger partial charge on any atom is -0.484 e. The van der Waals surface area contributed by atoms with Gasteiger partial charge in [0.15, 0.2) is 6.61 Å². The van der Waals surface area contributed by atoms with E-state index in [0.29, 0.717) is 5.92 Å². The van der Waals surface area contributed by atoms with E-state index in [1.165, 1.54) is 6.33 Å². The van der Waals surface area contributed by atoms with Crippen LogP contribution in [0.25, 0.3) is 0 Å². The van der Waals surface area contributed by atoms with Crippen LogP contribution in [0.15, 0.2) is 30.6 Å². The van der Waals surface area contributed by atoms with Crippen molar-refractivity contribution in [1.82, 2.24) is 20.1 Å². The molecule has 2 aromatic rings. The third kappa shape index (κ3) is 3.44. The Morgan fingerprint density at radius 2 is 2.23 bits per heavy atom. The average molecular weight is 300 g/mol. The number of amides is 1. The summed E-state index contributed by atoms with van der Waals surface area (Å²) in [6.45, 7) is 3.57. The zero-order valence-corrected chi connectivity index (χ0v) is 12.7. The molecule has 1 amide bonds. The van der Waals surface area contributed by atoms with E-state index in [9.17, 15) is 4.79 Å². The van der Waals surface area contributed by atoms with E-state index >= 15 is 0 Å². The molecule has 1 aliphatic heterocycles. The molecule has 0 spiro atoms. The summed E-state index contributed by atoms with van der Waals surface area (Å²) >= 11 is 0. The van der Waals surface area contributed by atoms with Gasteiger partial charge >= 0.3 is 0 Å². The Morgan fingerprint density at radius 1 is 1.41 bits per heavy atom. The quantitative estimate of drug-likeness (QED) is 0.936. The number of likely N-dealkylation sites (tertiary alicyclic amines) is 1. The van der Waals surface area contributed by atoms with Crippen LogP contribution in [0.2, 0.25) is 0 Å². The summed E-state index contributed by atoms with van der Waals surface area (Å²) in [7, 11) is 0. The molecule has 6 nitrogen and oxygen atoms in total. The molecular formula is C16H20N4O2. The van der Waals surface area contributed by atoms with Gasteiger partial charge in [0.2, 0.25) is 0 Å². The number of carbonyl (C=O) groups is 1. The molecular weight excluding hydrogens is 280 g/mol. The normalized spacial score (nSPS) is 15.8. The number of piperidine rings is 1. The second-order valence-corrected chi connectivity index (χ2v) is 5.63. The number of benzene rings is 1. The van der Waals surface area contributed by atoms with Gasteiger partial charge in [0.25, 0.3) is 5.91 Å². The van der Waals surface area contributed by atoms with Crippen LogP contribution < -0.4 is 4.74 Å². The van der Waals surface area contributed by atoms with Crippen LogP contribution >= 0.6 is 0 Å². The Labute approximate surface area is 129 Å². The Hall–Kier alpha value is -2.37. The van der Waals surface area contributed by atoms with E-state index in [2.05, 4.69) is 15.2 Å². The molecule has 2 heterocycles. The molecule has 1 fully saturated rings. The summed E-state index contributed by atoms with van der Waals surface area (Å²) in [4.78, 5) is 18.3. The largest absolute Gasteiger partial charge is 0.484 e. The lowest BCUT2D eigenvalue weighted by Crippen LogP contribution is -2.40. The number of hydrogen-bond donors (Lipinski definition) is 1. The third-order valence-electron chi connectivity index (χ3n) is 4.02. The highest BCUT2D eigenvalue weighted by molar-refractivity contribution is 5.77. The first kappa shape index (κ1) is 14.6. The first-order valence-electron chi connectivity index (χ1n) is 7.55. The van der Waals surface area contributed by atoms with Gasteiger partial charge in [-0.05, 0) is 37.5 Å². The maximum absolute atomic E-state index is 12.2. The van der Waals surface area contributed by atoms with E-state index in [4.69, 9.17) is 4.74 Å². The second kappa shape index (κ2) is 6.60. The van der Waals surface area contributed by atoms with Crippen molar-refractivity contribution in [2.45, 2.75) is 25.7 Å². The zero-order valence-electron chi connectivity index (χ0n) is 12.7. The summed E-state index contributed by atoms with van der Waals surface area (Å²) in [5.74, 6) is 2.06. The van der Waals surface area contributed by atoms with Crippen molar-refractivity contribution in [3.8, 4) is 5.75 Å². The molecule has 1 saturated heterocycles. The fourth-order valence-corrected chi connectivity index (χ4v) is 2.76. The number of hydrogen-bond acceptors (Lipinski definition) is 4. The summed E-state index contributed by atoms with van der Waals surface area (Å²) in [5.41, 5.74) is 1.12. The van der Waals surface area contributed by atoms with Gasteiger partial charge in [0.1, 0.15) is 17.9 Å². The van der Waals surface area contributed by atoms with E-state index in [-0.39, 0.29) is 12.5 Å². The number of nitrogens with one attached hydrogen (secondary N) is 1. The molecule has 1 N–H and O–H groups in total. The van der Waals surface area contributed by atoms with Crippen LogP contribution in [0.1, 0.15) is 30.1 Å². The van der Waals surface area contributed by atoms with Crippen molar-refractivity contribution in [1.29, 1.82) is 0 Å². The monoisotopic (exact) mass is 300 g/mol. The van der Waals surface area contributed by atoms with Crippen molar-refractivity contribution in [2.24, 2.45) is 0 Å². The SMILES string of the molecule is Cc1cccc(OCC(=O)N2CCC(c3ncn[nH]3)CC2)c1. The van der Waals surface area contributed by atoms with Crippen LogP contribution in [-0.2, 0) is 4.79 Å². The van der Waals surface area contributed by atoms with Gasteiger partial charge in [0, 0.05) is 19.0 Å². The predicted molar refractivity (Wildman–Crippen MR) is 81.6 cm³/mol. The highest BCUT2D eigenvalue weighted by Crippen LogP contribution is 2.25. The Balaban J connectivity index is 1.48. The minimum atomic E-state index is 0.0394. The maximum atomic E-state index is 12.2. The predicted octanol–water partition coefficient (Wildman–Crippen LogP) is 1.90. The van der Waals surface area contributed by atoms with Crippen molar-refractivity contribution in [3.63, 3.8) is 0 Å². The van der Waals surface area contributed by atoms with Gasteiger partial charge in [-0.25, -0.2) is 4.98 Å². The third-order valence-corrected chi connectivity index (χ3v) is 4.02. The molecule has 0 radical (unpaired) electrons. The van der Waals surface area contributed by atoms with E-state index < -0.39 is 0 Å². The molecule has 1 aromatic heterocycles. The van der Waals surface area contributed by atoms with Gasteiger partial charge in [-0.2, -0.15) is 5.10 Å². The Morgan fingerprint density at radius 3 is 2.91 bits per heavy atom. The number of aromatic nitrogens is 3. The highest BCUT2D eigenvalue weighted by atomic mass is 16.5. The highest BCUT2D eigenvalue weighted by Gasteiger charge is 2.25. The van der Waals surface area contributed by atoms with Crippen LogP contribution in [0.5, 0.6) is 5.75 Å². The summed E-state index contributed by atoms with van der Waals surface area (Å²) in [6, 6.07) is 7.74. The fourth-order valence-electron chi connectivity index (χ4n) is 2.76. The zero-order chi connectivity index (χ0) is 15.4. The lowest BCUT2D eigenvalue weighted by Gasteiger charge is -2.30. The maximum Gasteiger partial charge on any atom is 0.260 e. The van der Waals surface area contributed by atoms with Crippen LogP contribution in [0, 0.1) is 6.92 Å². The van der Waals surface area contributed by atoms with Crippen LogP contribution in [0.3, 0.4) is 0 Å². The fraction of sp³-hybridized carbons (Fsp3) is 0.438. The van der Waals surface area contributed by atoms with Gasteiger partial charge in [-0.3, -0.25) is 9.89 Å². The smallest absolute Gasteiger partial charge is 0.260 e. The molecule has 6 heteroatoms. The second-order valence-electron chi connectivity index (χ2n) is 5.63. The van der Waals surface area contributed by atoms with Crippen molar-refractivity contribution in [3.05, 3.63) is 42.0 Å². The molecule has 0 saturated carbocycles. The lowest BCUT2D eigenvalue weighted by atomic mass is 9.96. The standard InChI is InChI=1S/C16H20N4O2/c1-12-3-2-4-14(9-12)22-10-15(21)20-7-5-13(6-8-20)16-17-11-18-19-16/h2-4,9,11,13H,5-8,10H2,1H3,(H,17,18,19). The van der Waals surface area contributed by atoms with Crippen molar-refractivity contribution >= 4 is 5.91 Å². The minimum absolute atomic E-state index is 0.0394.